The van der Waals surface area contributed by atoms with Crippen LogP contribution in [-0.2, 0) is 6.42 Å². The normalized spacial score (nSPS) is 12.5. The molecule has 1 heterocycles. The summed E-state index contributed by atoms with van der Waals surface area (Å²) in [5.74, 6) is 1.31. The van der Waals surface area contributed by atoms with Gasteiger partial charge < -0.3 is 14.9 Å². The molecule has 0 amide bonds. The van der Waals surface area contributed by atoms with E-state index in [-0.39, 0.29) is 6.04 Å². The number of hydrogen-bond acceptors (Lipinski definition) is 4. The molecule has 0 aliphatic carbocycles. The summed E-state index contributed by atoms with van der Waals surface area (Å²) in [6, 6.07) is 12.7. The third kappa shape index (κ3) is 2.86. The van der Waals surface area contributed by atoms with Crippen molar-refractivity contribution in [3.63, 3.8) is 0 Å². The van der Waals surface area contributed by atoms with Crippen molar-refractivity contribution in [2.75, 3.05) is 7.11 Å². The van der Waals surface area contributed by atoms with E-state index in [1.807, 2.05) is 36.4 Å². The number of halogens is 1. The van der Waals surface area contributed by atoms with E-state index < -0.39 is 0 Å². The van der Waals surface area contributed by atoms with Gasteiger partial charge in [0.1, 0.15) is 11.3 Å². The average molecular weight is 303 g/mol. The number of rotatable bonds is 4. The minimum atomic E-state index is -0.299. The van der Waals surface area contributed by atoms with Crippen molar-refractivity contribution >= 4 is 22.7 Å². The first-order valence-corrected chi connectivity index (χ1v) is 6.98. The van der Waals surface area contributed by atoms with E-state index in [0.29, 0.717) is 23.1 Å². The van der Waals surface area contributed by atoms with Crippen LogP contribution < -0.4 is 10.5 Å². The summed E-state index contributed by atoms with van der Waals surface area (Å²) in [5, 5.41) is 0.624. The number of benzene rings is 2. The highest BCUT2D eigenvalue weighted by Crippen LogP contribution is 2.29. The zero-order chi connectivity index (χ0) is 14.8. The van der Waals surface area contributed by atoms with Crippen molar-refractivity contribution in [2.45, 2.75) is 12.5 Å². The monoisotopic (exact) mass is 302 g/mol. The van der Waals surface area contributed by atoms with Crippen molar-refractivity contribution in [3.8, 4) is 5.75 Å². The number of para-hydroxylation sites is 2. The van der Waals surface area contributed by atoms with Gasteiger partial charge in [0.25, 0.3) is 0 Å². The Bertz CT molecular complexity index is 737. The Balaban J connectivity index is 1.88. The Morgan fingerprint density at radius 2 is 2.10 bits per heavy atom. The van der Waals surface area contributed by atoms with Crippen LogP contribution in [0.1, 0.15) is 17.5 Å². The molecular formula is C16H15ClN2O2. The van der Waals surface area contributed by atoms with E-state index in [1.165, 1.54) is 0 Å². The number of methoxy groups -OCH3 is 1. The summed E-state index contributed by atoms with van der Waals surface area (Å²) < 4.78 is 11.0. The van der Waals surface area contributed by atoms with Crippen LogP contribution in [0.3, 0.4) is 0 Å². The fraction of sp³-hybridized carbons (Fsp3) is 0.188. The van der Waals surface area contributed by atoms with Gasteiger partial charge in [0.05, 0.1) is 7.11 Å². The molecule has 0 spiro atoms. The molecule has 1 unspecified atom stereocenters. The van der Waals surface area contributed by atoms with Gasteiger partial charge >= 0.3 is 0 Å². The Hall–Kier alpha value is -2.04. The first kappa shape index (κ1) is 13.9. The standard InChI is InChI=1S/C16H15ClN2O2/c1-20-14-7-6-10(17)8-11(14)12(18)9-16-19-13-4-2-3-5-15(13)21-16/h2-8,12H,9,18H2,1H3. The molecule has 3 rings (SSSR count). The molecule has 5 heteroatoms. The zero-order valence-electron chi connectivity index (χ0n) is 11.5. The Morgan fingerprint density at radius 3 is 2.86 bits per heavy atom. The molecule has 0 bridgehead atoms. The van der Waals surface area contributed by atoms with Crippen LogP contribution in [0.2, 0.25) is 5.02 Å². The second-order valence-electron chi connectivity index (χ2n) is 4.77. The van der Waals surface area contributed by atoms with Crippen LogP contribution in [0, 0.1) is 0 Å². The van der Waals surface area contributed by atoms with E-state index in [2.05, 4.69) is 4.98 Å². The lowest BCUT2D eigenvalue weighted by atomic mass is 10.0. The Kier molecular flexibility index (Phi) is 3.82. The second kappa shape index (κ2) is 5.76. The predicted molar refractivity (Wildman–Crippen MR) is 82.6 cm³/mol. The summed E-state index contributed by atoms with van der Waals surface area (Å²) in [4.78, 5) is 4.44. The van der Waals surface area contributed by atoms with Gasteiger partial charge in [0, 0.05) is 23.0 Å². The maximum Gasteiger partial charge on any atom is 0.197 e. The third-order valence-electron chi connectivity index (χ3n) is 3.32. The van der Waals surface area contributed by atoms with Crippen molar-refractivity contribution in [3.05, 3.63) is 58.9 Å². The first-order valence-electron chi connectivity index (χ1n) is 6.61. The highest BCUT2D eigenvalue weighted by molar-refractivity contribution is 6.30. The minimum Gasteiger partial charge on any atom is -0.496 e. The molecule has 21 heavy (non-hydrogen) atoms. The highest BCUT2D eigenvalue weighted by Gasteiger charge is 2.16. The Morgan fingerprint density at radius 1 is 1.29 bits per heavy atom. The molecule has 2 N–H and O–H groups in total. The molecule has 3 aromatic rings. The predicted octanol–water partition coefficient (Wildman–Crippen LogP) is 3.73. The van der Waals surface area contributed by atoms with Gasteiger partial charge in [-0.3, -0.25) is 0 Å². The number of hydrogen-bond donors (Lipinski definition) is 1. The van der Waals surface area contributed by atoms with Gasteiger partial charge in [-0.25, -0.2) is 4.98 Å². The van der Waals surface area contributed by atoms with E-state index >= 15 is 0 Å². The quantitative estimate of drug-likeness (QED) is 0.797. The molecule has 1 atom stereocenters. The number of ether oxygens (including phenoxy) is 1. The van der Waals surface area contributed by atoms with E-state index in [9.17, 15) is 0 Å². The molecular weight excluding hydrogens is 288 g/mol. The number of nitrogens with zero attached hydrogens (tertiary/aromatic N) is 1. The smallest absolute Gasteiger partial charge is 0.197 e. The van der Waals surface area contributed by atoms with Gasteiger partial charge in [-0.05, 0) is 30.3 Å². The molecule has 1 aromatic heterocycles. The third-order valence-corrected chi connectivity index (χ3v) is 3.56. The van der Waals surface area contributed by atoms with E-state index in [0.717, 1.165) is 16.7 Å². The van der Waals surface area contributed by atoms with Crippen molar-refractivity contribution in [2.24, 2.45) is 5.73 Å². The lowest BCUT2D eigenvalue weighted by Gasteiger charge is -2.14. The summed E-state index contributed by atoms with van der Waals surface area (Å²) in [6.07, 6.45) is 0.478. The first-order chi connectivity index (χ1) is 10.2. The molecule has 0 radical (unpaired) electrons. The van der Waals surface area contributed by atoms with E-state index in [4.69, 9.17) is 26.5 Å². The second-order valence-corrected chi connectivity index (χ2v) is 5.21. The topological polar surface area (TPSA) is 61.3 Å². The van der Waals surface area contributed by atoms with Gasteiger partial charge in [-0.1, -0.05) is 23.7 Å². The number of aromatic nitrogens is 1. The number of fused-ring (bicyclic) bond motifs is 1. The van der Waals surface area contributed by atoms with Crippen LogP contribution >= 0.6 is 11.6 Å². The van der Waals surface area contributed by atoms with Gasteiger partial charge in [-0.15, -0.1) is 0 Å². The van der Waals surface area contributed by atoms with Crippen LogP contribution in [0.15, 0.2) is 46.9 Å². The summed E-state index contributed by atoms with van der Waals surface area (Å²) >= 11 is 6.03. The molecule has 0 fully saturated rings. The van der Waals surface area contributed by atoms with E-state index in [1.54, 1.807) is 13.2 Å². The maximum atomic E-state index is 6.26. The van der Waals surface area contributed by atoms with Gasteiger partial charge in [0.2, 0.25) is 0 Å². The van der Waals surface area contributed by atoms with Crippen LogP contribution in [-0.4, -0.2) is 12.1 Å². The largest absolute Gasteiger partial charge is 0.496 e. The maximum absolute atomic E-state index is 6.26. The van der Waals surface area contributed by atoms with Crippen LogP contribution in [0.4, 0.5) is 0 Å². The molecule has 0 aliphatic rings. The van der Waals surface area contributed by atoms with Gasteiger partial charge in [0.15, 0.2) is 11.5 Å². The molecule has 2 aromatic carbocycles. The molecule has 108 valence electrons. The SMILES string of the molecule is COc1ccc(Cl)cc1C(N)Cc1nc2ccccc2o1. The molecule has 4 nitrogen and oxygen atoms in total. The summed E-state index contributed by atoms with van der Waals surface area (Å²) in [5.41, 5.74) is 8.69. The average Bonchev–Trinajstić information content (AvgIpc) is 2.89. The molecule has 0 saturated heterocycles. The fourth-order valence-electron chi connectivity index (χ4n) is 2.30. The number of oxazole rings is 1. The Labute approximate surface area is 127 Å². The van der Waals surface area contributed by atoms with Crippen molar-refractivity contribution in [1.82, 2.24) is 4.98 Å². The molecule has 0 aliphatic heterocycles. The highest BCUT2D eigenvalue weighted by atomic mass is 35.5. The fourth-order valence-corrected chi connectivity index (χ4v) is 2.48. The van der Waals surface area contributed by atoms with Crippen molar-refractivity contribution < 1.29 is 9.15 Å². The van der Waals surface area contributed by atoms with Crippen LogP contribution in [0.25, 0.3) is 11.1 Å². The summed E-state index contributed by atoms with van der Waals surface area (Å²) in [6.45, 7) is 0. The van der Waals surface area contributed by atoms with Crippen LogP contribution in [0.5, 0.6) is 5.75 Å². The van der Waals surface area contributed by atoms with Crippen molar-refractivity contribution in [1.29, 1.82) is 0 Å². The zero-order valence-corrected chi connectivity index (χ0v) is 12.3. The molecule has 0 saturated carbocycles. The van der Waals surface area contributed by atoms with Gasteiger partial charge in [-0.2, -0.15) is 0 Å². The summed E-state index contributed by atoms with van der Waals surface area (Å²) in [7, 11) is 1.61. The lowest BCUT2D eigenvalue weighted by molar-refractivity contribution is 0.403. The number of nitrogens with two attached hydrogens (primary N) is 1. The lowest BCUT2D eigenvalue weighted by Crippen LogP contribution is -2.14. The minimum absolute atomic E-state index is 0.299.